The minimum absolute atomic E-state index is 0.237. The van der Waals surface area contributed by atoms with E-state index in [2.05, 4.69) is 24.1 Å². The second kappa shape index (κ2) is 7.66. The number of nitrogens with one attached hydrogen (secondary N) is 1. The molecule has 0 amide bonds. The van der Waals surface area contributed by atoms with Gasteiger partial charge >= 0.3 is 0 Å². The van der Waals surface area contributed by atoms with E-state index >= 15 is 0 Å². The maximum Gasteiger partial charge on any atom is 0.161 e. The Hall–Kier alpha value is -1.26. The molecule has 1 fully saturated rings. The summed E-state index contributed by atoms with van der Waals surface area (Å²) >= 11 is 0. The van der Waals surface area contributed by atoms with Crippen LogP contribution >= 0.6 is 0 Å². The summed E-state index contributed by atoms with van der Waals surface area (Å²) in [6.45, 7) is 12.1. The van der Waals surface area contributed by atoms with Crippen molar-refractivity contribution in [3.05, 3.63) is 24.3 Å². The minimum Gasteiger partial charge on any atom is -0.490 e. The highest BCUT2D eigenvalue weighted by atomic mass is 16.5. The molecule has 2 rings (SSSR count). The maximum absolute atomic E-state index is 5.94. The van der Waals surface area contributed by atoms with Crippen molar-refractivity contribution in [1.82, 2.24) is 10.2 Å². The van der Waals surface area contributed by atoms with Crippen LogP contribution in [0.5, 0.6) is 11.5 Å². The lowest BCUT2D eigenvalue weighted by atomic mass is 9.94. The molecule has 118 valence electrons. The van der Waals surface area contributed by atoms with Crippen molar-refractivity contribution in [1.29, 1.82) is 0 Å². The van der Waals surface area contributed by atoms with E-state index in [1.807, 2.05) is 31.2 Å². The predicted octanol–water partition coefficient (Wildman–Crippen LogP) is 2.54. The normalized spacial score (nSPS) is 23.0. The molecule has 4 nitrogen and oxygen atoms in total. The van der Waals surface area contributed by atoms with Crippen LogP contribution in [0, 0.1) is 0 Å². The van der Waals surface area contributed by atoms with E-state index in [0.29, 0.717) is 13.2 Å². The maximum atomic E-state index is 5.94. The number of rotatable bonds is 7. The quantitative estimate of drug-likeness (QED) is 0.837. The first-order valence-corrected chi connectivity index (χ1v) is 8.00. The highest BCUT2D eigenvalue weighted by molar-refractivity contribution is 5.39. The zero-order valence-corrected chi connectivity index (χ0v) is 13.5. The average Bonchev–Trinajstić information content (AvgIpc) is 2.51. The van der Waals surface area contributed by atoms with E-state index in [4.69, 9.17) is 9.47 Å². The number of hydrogen-bond acceptors (Lipinski definition) is 4. The fourth-order valence-corrected chi connectivity index (χ4v) is 2.79. The van der Waals surface area contributed by atoms with Gasteiger partial charge in [0.25, 0.3) is 0 Å². The Kier molecular flexibility index (Phi) is 5.88. The smallest absolute Gasteiger partial charge is 0.161 e. The Morgan fingerprint density at radius 2 is 1.90 bits per heavy atom. The summed E-state index contributed by atoms with van der Waals surface area (Å²) in [7, 11) is 0. The Morgan fingerprint density at radius 3 is 2.57 bits per heavy atom. The summed E-state index contributed by atoms with van der Waals surface area (Å²) < 4.78 is 11.5. The summed E-state index contributed by atoms with van der Waals surface area (Å²) in [6.07, 6.45) is 1.15. The minimum atomic E-state index is 0.237. The first-order chi connectivity index (χ1) is 10.2. The molecule has 1 heterocycles. The first-order valence-electron chi connectivity index (χ1n) is 8.00. The van der Waals surface area contributed by atoms with Gasteiger partial charge in [0.1, 0.15) is 6.61 Å². The lowest BCUT2D eigenvalue weighted by Crippen LogP contribution is -2.60. The van der Waals surface area contributed by atoms with Crippen LogP contribution in [0.3, 0.4) is 0 Å². The number of nitrogens with zero attached hydrogens (tertiary/aromatic N) is 1. The summed E-state index contributed by atoms with van der Waals surface area (Å²) in [5.41, 5.74) is 0.237. The topological polar surface area (TPSA) is 33.7 Å². The van der Waals surface area contributed by atoms with Crippen LogP contribution in [0.1, 0.15) is 27.2 Å². The van der Waals surface area contributed by atoms with Crippen molar-refractivity contribution in [2.45, 2.75) is 32.7 Å². The van der Waals surface area contributed by atoms with Crippen molar-refractivity contribution < 1.29 is 9.47 Å². The number of ether oxygens (including phenoxy) is 2. The van der Waals surface area contributed by atoms with Crippen molar-refractivity contribution in [2.75, 3.05) is 39.4 Å². The summed E-state index contributed by atoms with van der Waals surface area (Å²) in [6, 6.07) is 7.89. The molecule has 0 bridgehead atoms. The average molecular weight is 292 g/mol. The Bertz CT molecular complexity index is 439. The molecule has 4 heteroatoms. The molecule has 0 radical (unpaired) electrons. The van der Waals surface area contributed by atoms with Gasteiger partial charge in [-0.2, -0.15) is 0 Å². The lowest BCUT2D eigenvalue weighted by molar-refractivity contribution is 0.0570. The van der Waals surface area contributed by atoms with Crippen LogP contribution in [-0.2, 0) is 0 Å². The third kappa shape index (κ3) is 4.11. The van der Waals surface area contributed by atoms with E-state index in [-0.39, 0.29) is 5.54 Å². The second-order valence-electron chi connectivity index (χ2n) is 5.74. The Labute approximate surface area is 128 Å². The lowest BCUT2D eigenvalue weighted by Gasteiger charge is -2.44. The fraction of sp³-hybridized carbons (Fsp3) is 0.647. The van der Waals surface area contributed by atoms with Gasteiger partial charge in [0.05, 0.1) is 6.61 Å². The zero-order chi connectivity index (χ0) is 15.1. The molecule has 1 N–H and O–H groups in total. The van der Waals surface area contributed by atoms with E-state index in [1.54, 1.807) is 0 Å². The van der Waals surface area contributed by atoms with Gasteiger partial charge in [-0.3, -0.25) is 4.90 Å². The van der Waals surface area contributed by atoms with Crippen molar-refractivity contribution >= 4 is 0 Å². The molecule has 1 saturated heterocycles. The van der Waals surface area contributed by atoms with E-state index in [9.17, 15) is 0 Å². The van der Waals surface area contributed by atoms with Gasteiger partial charge in [-0.1, -0.05) is 19.1 Å². The summed E-state index contributed by atoms with van der Waals surface area (Å²) in [5.74, 6) is 1.67. The predicted molar refractivity (Wildman–Crippen MR) is 86.2 cm³/mol. The summed E-state index contributed by atoms with van der Waals surface area (Å²) in [4.78, 5) is 2.53. The molecular formula is C17H28N2O2. The molecule has 0 saturated carbocycles. The van der Waals surface area contributed by atoms with Crippen LogP contribution in [0.15, 0.2) is 24.3 Å². The van der Waals surface area contributed by atoms with Gasteiger partial charge in [-0.25, -0.2) is 0 Å². The van der Waals surface area contributed by atoms with Crippen LogP contribution in [0.2, 0.25) is 0 Å². The van der Waals surface area contributed by atoms with E-state index in [1.165, 1.54) is 0 Å². The van der Waals surface area contributed by atoms with E-state index < -0.39 is 0 Å². The SMILES string of the molecule is CCOc1ccccc1OCCN1CCNCC1(C)CC. The summed E-state index contributed by atoms with van der Waals surface area (Å²) in [5, 5.41) is 3.49. The first kappa shape index (κ1) is 16.1. The van der Waals surface area contributed by atoms with E-state index in [0.717, 1.165) is 44.1 Å². The van der Waals surface area contributed by atoms with Gasteiger partial charge in [0.15, 0.2) is 11.5 Å². The van der Waals surface area contributed by atoms with Crippen LogP contribution < -0.4 is 14.8 Å². The monoisotopic (exact) mass is 292 g/mol. The molecule has 0 spiro atoms. The highest BCUT2D eigenvalue weighted by Crippen LogP contribution is 2.27. The fourth-order valence-electron chi connectivity index (χ4n) is 2.79. The van der Waals surface area contributed by atoms with Gasteiger partial charge in [0.2, 0.25) is 0 Å². The van der Waals surface area contributed by atoms with Crippen molar-refractivity contribution in [2.24, 2.45) is 0 Å². The van der Waals surface area contributed by atoms with Crippen molar-refractivity contribution in [3.63, 3.8) is 0 Å². The standard InChI is InChI=1S/C17H28N2O2/c1-4-17(3)14-18-10-11-19(17)12-13-21-16-9-7-6-8-15(16)20-5-2/h6-9,18H,4-5,10-14H2,1-3H3. The molecule has 1 aromatic rings. The van der Waals surface area contributed by atoms with Gasteiger partial charge in [-0.15, -0.1) is 0 Å². The molecular weight excluding hydrogens is 264 g/mol. The number of benzene rings is 1. The molecule has 1 atom stereocenters. The number of hydrogen-bond donors (Lipinski definition) is 1. The molecule has 1 aromatic carbocycles. The molecule has 1 unspecified atom stereocenters. The largest absolute Gasteiger partial charge is 0.490 e. The van der Waals surface area contributed by atoms with Gasteiger partial charge < -0.3 is 14.8 Å². The Balaban J connectivity index is 1.89. The molecule has 0 aliphatic carbocycles. The molecule has 1 aliphatic rings. The zero-order valence-electron chi connectivity index (χ0n) is 13.5. The highest BCUT2D eigenvalue weighted by Gasteiger charge is 2.32. The van der Waals surface area contributed by atoms with Gasteiger partial charge in [-0.05, 0) is 32.4 Å². The van der Waals surface area contributed by atoms with Crippen LogP contribution in [-0.4, -0.2) is 49.8 Å². The number of para-hydroxylation sites is 2. The molecule has 21 heavy (non-hydrogen) atoms. The Morgan fingerprint density at radius 1 is 1.19 bits per heavy atom. The van der Waals surface area contributed by atoms with Crippen LogP contribution in [0.25, 0.3) is 0 Å². The van der Waals surface area contributed by atoms with Gasteiger partial charge in [0, 0.05) is 31.7 Å². The molecule has 1 aliphatic heterocycles. The number of piperazine rings is 1. The second-order valence-corrected chi connectivity index (χ2v) is 5.74. The van der Waals surface area contributed by atoms with Crippen molar-refractivity contribution in [3.8, 4) is 11.5 Å². The van der Waals surface area contributed by atoms with Crippen LogP contribution in [0.4, 0.5) is 0 Å². The molecule has 0 aromatic heterocycles. The third-order valence-corrected chi connectivity index (χ3v) is 4.36. The third-order valence-electron chi connectivity index (χ3n) is 4.36.